The number of carbonyl (C=O) groups excluding carboxylic acids is 1. The van der Waals surface area contributed by atoms with Gasteiger partial charge in [-0.2, -0.15) is 0 Å². The minimum atomic E-state index is -0.234. The second-order valence-electron chi connectivity index (χ2n) is 3.38. The van der Waals surface area contributed by atoms with Gasteiger partial charge in [-0.05, 0) is 22.9 Å². The Morgan fingerprint density at radius 3 is 2.33 bits per heavy atom. The van der Waals surface area contributed by atoms with Gasteiger partial charge in [-0.15, -0.1) is 0 Å². The Labute approximate surface area is 87.3 Å². The first-order valence-corrected chi connectivity index (χ1v) is 4.64. The van der Waals surface area contributed by atoms with Crippen LogP contribution >= 0.6 is 0 Å². The van der Waals surface area contributed by atoms with Crippen LogP contribution in [0.5, 0.6) is 5.75 Å². The van der Waals surface area contributed by atoms with Crippen LogP contribution in [0.1, 0.15) is 6.92 Å². The minimum Gasteiger partial charge on any atom is -0.323 e. The Kier molecular flexibility index (Phi) is 2.29. The maximum absolute atomic E-state index is 11.6. The second-order valence-corrected chi connectivity index (χ2v) is 3.38. The summed E-state index contributed by atoms with van der Waals surface area (Å²) in [7, 11) is 0. The molecule has 0 spiro atoms. The number of rotatable bonds is 1. The Hall–Kier alpha value is -2.03. The number of carbonyl (C=O) groups is 1. The lowest BCUT2D eigenvalue weighted by atomic mass is 10.1. The molecule has 2 aromatic rings. The van der Waals surface area contributed by atoms with Gasteiger partial charge >= 0.3 is 0 Å². The number of anilines is 1. The smallest absolute Gasteiger partial charge is 0.221 e. The standard InChI is InChI=1S/C12H10NO2/c1-8(14)13-11-6-9-4-2-3-5-10(9)7-12(11)15/h2-7H,1H3,(H,13,14). The van der Waals surface area contributed by atoms with E-state index in [1.807, 2.05) is 24.3 Å². The van der Waals surface area contributed by atoms with E-state index < -0.39 is 0 Å². The molecule has 0 unspecified atom stereocenters. The largest absolute Gasteiger partial charge is 0.323 e. The third kappa shape index (κ3) is 1.91. The molecule has 0 atom stereocenters. The minimum absolute atomic E-state index is 0.163. The lowest BCUT2D eigenvalue weighted by Gasteiger charge is -2.05. The third-order valence-corrected chi connectivity index (χ3v) is 2.16. The molecule has 0 aliphatic heterocycles. The predicted octanol–water partition coefficient (Wildman–Crippen LogP) is 2.94. The topological polar surface area (TPSA) is 49.0 Å². The number of nitrogens with one attached hydrogen (secondary N) is 1. The average Bonchev–Trinajstić information content (AvgIpc) is 2.18. The number of hydrogen-bond acceptors (Lipinski definition) is 1. The fraction of sp³-hybridized carbons (Fsp3) is 0.0833. The molecule has 0 saturated heterocycles. The molecule has 1 amide bonds. The predicted molar refractivity (Wildman–Crippen MR) is 58.4 cm³/mol. The normalized spacial score (nSPS) is 10.2. The van der Waals surface area contributed by atoms with E-state index in [4.69, 9.17) is 0 Å². The highest BCUT2D eigenvalue weighted by molar-refractivity contribution is 5.95. The highest BCUT2D eigenvalue weighted by Gasteiger charge is 2.06. The molecule has 2 aromatic carbocycles. The van der Waals surface area contributed by atoms with Crippen LogP contribution in [0.3, 0.4) is 0 Å². The summed E-state index contributed by atoms with van der Waals surface area (Å²) in [6.07, 6.45) is 0. The zero-order chi connectivity index (χ0) is 10.8. The van der Waals surface area contributed by atoms with Crippen molar-refractivity contribution >= 4 is 22.4 Å². The Morgan fingerprint density at radius 2 is 1.73 bits per heavy atom. The van der Waals surface area contributed by atoms with Gasteiger partial charge in [-0.1, -0.05) is 24.3 Å². The molecule has 0 aliphatic rings. The van der Waals surface area contributed by atoms with Crippen molar-refractivity contribution in [2.45, 2.75) is 6.92 Å². The molecule has 2 rings (SSSR count). The van der Waals surface area contributed by atoms with Crippen molar-refractivity contribution in [1.29, 1.82) is 0 Å². The summed E-state index contributed by atoms with van der Waals surface area (Å²) < 4.78 is 0. The molecule has 15 heavy (non-hydrogen) atoms. The van der Waals surface area contributed by atoms with Gasteiger partial charge in [0, 0.05) is 6.92 Å². The van der Waals surface area contributed by atoms with Crippen molar-refractivity contribution in [3.8, 4) is 5.75 Å². The van der Waals surface area contributed by atoms with Gasteiger partial charge in [-0.25, -0.2) is 0 Å². The molecule has 0 saturated carbocycles. The van der Waals surface area contributed by atoms with E-state index in [2.05, 4.69) is 5.32 Å². The zero-order valence-corrected chi connectivity index (χ0v) is 8.28. The number of benzene rings is 2. The first-order chi connectivity index (χ1) is 7.16. The van der Waals surface area contributed by atoms with E-state index >= 15 is 0 Å². The van der Waals surface area contributed by atoms with E-state index in [0.29, 0.717) is 5.69 Å². The van der Waals surface area contributed by atoms with Crippen LogP contribution in [0.15, 0.2) is 36.4 Å². The summed E-state index contributed by atoms with van der Waals surface area (Å²) in [5, 5.41) is 15.9. The van der Waals surface area contributed by atoms with Gasteiger partial charge in [0.15, 0.2) is 0 Å². The van der Waals surface area contributed by atoms with Crippen molar-refractivity contribution in [3.05, 3.63) is 36.4 Å². The number of hydrogen-bond donors (Lipinski definition) is 1. The van der Waals surface area contributed by atoms with E-state index in [9.17, 15) is 9.90 Å². The quantitative estimate of drug-likeness (QED) is 0.755. The van der Waals surface area contributed by atoms with Gasteiger partial charge in [-0.3, -0.25) is 9.90 Å². The lowest BCUT2D eigenvalue weighted by molar-refractivity contribution is -0.114. The summed E-state index contributed by atoms with van der Waals surface area (Å²) in [6.45, 7) is 1.38. The SMILES string of the molecule is CC(=O)Nc1cc2ccccc2cc1[O]. The fourth-order valence-electron chi connectivity index (χ4n) is 1.51. The van der Waals surface area contributed by atoms with Gasteiger partial charge in [0.05, 0.1) is 5.69 Å². The van der Waals surface area contributed by atoms with Gasteiger partial charge < -0.3 is 5.32 Å². The molecule has 3 heteroatoms. The highest BCUT2D eigenvalue weighted by Crippen LogP contribution is 2.29. The molecule has 0 aromatic heterocycles. The first-order valence-electron chi connectivity index (χ1n) is 4.64. The molecule has 3 nitrogen and oxygen atoms in total. The Balaban J connectivity index is 2.56. The number of amides is 1. The van der Waals surface area contributed by atoms with Crippen LogP contribution in [-0.4, -0.2) is 5.91 Å². The first kappa shape index (κ1) is 9.52. The van der Waals surface area contributed by atoms with E-state index in [1.165, 1.54) is 13.0 Å². The van der Waals surface area contributed by atoms with Crippen LogP contribution in [0.2, 0.25) is 0 Å². The molecular weight excluding hydrogens is 190 g/mol. The Morgan fingerprint density at radius 1 is 1.13 bits per heavy atom. The van der Waals surface area contributed by atoms with Crippen LogP contribution in [0, 0.1) is 0 Å². The van der Waals surface area contributed by atoms with Crippen LogP contribution in [0.4, 0.5) is 5.69 Å². The number of fused-ring (bicyclic) bond motifs is 1. The molecule has 0 bridgehead atoms. The van der Waals surface area contributed by atoms with Crippen molar-refractivity contribution in [3.63, 3.8) is 0 Å². The summed E-state index contributed by atoms with van der Waals surface area (Å²) in [6, 6.07) is 10.8. The van der Waals surface area contributed by atoms with Crippen molar-refractivity contribution < 1.29 is 9.90 Å². The van der Waals surface area contributed by atoms with Crippen molar-refractivity contribution in [2.75, 3.05) is 5.32 Å². The summed E-state index contributed by atoms with van der Waals surface area (Å²) >= 11 is 0. The van der Waals surface area contributed by atoms with E-state index in [1.54, 1.807) is 6.07 Å². The second kappa shape index (κ2) is 3.61. The van der Waals surface area contributed by atoms with Gasteiger partial charge in [0.2, 0.25) is 11.7 Å². The van der Waals surface area contributed by atoms with E-state index in [0.717, 1.165) is 10.8 Å². The molecular formula is C12H10NO2. The molecule has 75 valence electrons. The average molecular weight is 200 g/mol. The fourth-order valence-corrected chi connectivity index (χ4v) is 1.51. The van der Waals surface area contributed by atoms with Crippen LogP contribution in [-0.2, 0) is 9.90 Å². The van der Waals surface area contributed by atoms with Crippen molar-refractivity contribution in [1.82, 2.24) is 0 Å². The summed E-state index contributed by atoms with van der Waals surface area (Å²) in [5.41, 5.74) is 0.334. The Bertz CT molecular complexity index is 520. The van der Waals surface area contributed by atoms with Gasteiger partial charge in [0.25, 0.3) is 0 Å². The van der Waals surface area contributed by atoms with Crippen LogP contribution in [0.25, 0.3) is 10.8 Å². The maximum atomic E-state index is 11.6. The monoisotopic (exact) mass is 200 g/mol. The summed E-state index contributed by atoms with van der Waals surface area (Å²) in [5.74, 6) is -0.397. The lowest BCUT2D eigenvalue weighted by Crippen LogP contribution is -2.05. The van der Waals surface area contributed by atoms with Crippen LogP contribution < -0.4 is 5.32 Å². The summed E-state index contributed by atoms with van der Waals surface area (Å²) in [4.78, 5) is 10.9. The molecule has 1 radical (unpaired) electrons. The highest BCUT2D eigenvalue weighted by atomic mass is 16.3. The maximum Gasteiger partial charge on any atom is 0.221 e. The third-order valence-electron chi connectivity index (χ3n) is 2.16. The molecule has 0 heterocycles. The molecule has 0 aliphatic carbocycles. The zero-order valence-electron chi connectivity index (χ0n) is 8.28. The molecule has 1 N–H and O–H groups in total. The molecule has 0 fully saturated rings. The van der Waals surface area contributed by atoms with E-state index in [-0.39, 0.29) is 11.7 Å². The van der Waals surface area contributed by atoms with Crippen molar-refractivity contribution in [2.24, 2.45) is 0 Å². The van der Waals surface area contributed by atoms with Gasteiger partial charge in [0.1, 0.15) is 0 Å².